The molecule has 0 radical (unpaired) electrons. The quantitative estimate of drug-likeness (QED) is 0.397. The van der Waals surface area contributed by atoms with Crippen molar-refractivity contribution in [3.63, 3.8) is 0 Å². The van der Waals surface area contributed by atoms with Gasteiger partial charge in [-0.3, -0.25) is 10.2 Å². The van der Waals surface area contributed by atoms with Gasteiger partial charge in [-0.25, -0.2) is 18.1 Å². The molecule has 0 unspecified atom stereocenters. The monoisotopic (exact) mass is 455 g/mol. The molecule has 0 atom stereocenters. The molecule has 0 saturated carbocycles. The van der Waals surface area contributed by atoms with Gasteiger partial charge in [-0.15, -0.1) is 16.2 Å². The van der Waals surface area contributed by atoms with Gasteiger partial charge in [-0.05, 0) is 30.3 Å². The van der Waals surface area contributed by atoms with E-state index in [9.17, 15) is 26.4 Å². The SMILES string of the molecule is CC(=O)NNS(=O)(=O)c1ccc(-n2nc(C(F)(F)F)cc2-c2nccs2)cc1.[H-].[Na+]. The third kappa shape index (κ3) is 5.43. The van der Waals surface area contributed by atoms with Crippen molar-refractivity contribution in [3.05, 3.63) is 47.6 Å². The van der Waals surface area contributed by atoms with Crippen LogP contribution in [0.1, 0.15) is 14.0 Å². The van der Waals surface area contributed by atoms with Crippen molar-refractivity contribution in [1.82, 2.24) is 25.0 Å². The Kier molecular flexibility index (Phi) is 7.24. The zero-order valence-electron chi connectivity index (χ0n) is 16.1. The summed E-state index contributed by atoms with van der Waals surface area (Å²) in [6.07, 6.45) is -3.20. The Morgan fingerprint density at radius 3 is 2.41 bits per heavy atom. The molecule has 0 aliphatic heterocycles. The maximum atomic E-state index is 13.1. The molecule has 2 aromatic heterocycles. The Bertz CT molecular complexity index is 1100. The molecule has 1 aromatic carbocycles. The minimum atomic E-state index is -4.65. The molecule has 150 valence electrons. The smallest absolute Gasteiger partial charge is 1.00 e. The van der Waals surface area contributed by atoms with Gasteiger partial charge in [-0.1, -0.05) is 0 Å². The van der Waals surface area contributed by atoms with Gasteiger partial charge in [0.25, 0.3) is 10.0 Å². The number of benzene rings is 1. The number of amides is 1. The third-order valence-electron chi connectivity index (χ3n) is 3.40. The van der Waals surface area contributed by atoms with Gasteiger partial charge < -0.3 is 1.43 Å². The third-order valence-corrected chi connectivity index (χ3v) is 5.46. The summed E-state index contributed by atoms with van der Waals surface area (Å²) in [6.45, 7) is 1.13. The van der Waals surface area contributed by atoms with Crippen LogP contribution in [0, 0.1) is 0 Å². The molecule has 3 aromatic rings. The summed E-state index contributed by atoms with van der Waals surface area (Å²) in [5.74, 6) is -0.607. The summed E-state index contributed by atoms with van der Waals surface area (Å²) in [6, 6.07) is 5.83. The number of alkyl halides is 3. The van der Waals surface area contributed by atoms with Crippen LogP contribution in [0.25, 0.3) is 16.4 Å². The fourth-order valence-electron chi connectivity index (χ4n) is 2.18. The summed E-state index contributed by atoms with van der Waals surface area (Å²) in [7, 11) is -4.03. The van der Waals surface area contributed by atoms with E-state index in [4.69, 9.17) is 0 Å². The molecule has 8 nitrogen and oxygen atoms in total. The topological polar surface area (TPSA) is 106 Å². The molecule has 0 bridgehead atoms. The van der Waals surface area contributed by atoms with Crippen molar-refractivity contribution < 1.29 is 57.4 Å². The van der Waals surface area contributed by atoms with Gasteiger partial charge >= 0.3 is 35.7 Å². The van der Waals surface area contributed by atoms with E-state index in [1.807, 2.05) is 10.3 Å². The largest absolute Gasteiger partial charge is 1.00 e. The van der Waals surface area contributed by atoms with Crippen molar-refractivity contribution in [1.29, 1.82) is 0 Å². The Morgan fingerprint density at radius 1 is 1.24 bits per heavy atom. The fraction of sp³-hybridized carbons (Fsp3) is 0.133. The minimum absolute atomic E-state index is 0. The van der Waals surface area contributed by atoms with Crippen molar-refractivity contribution in [2.24, 2.45) is 0 Å². The fourth-order valence-corrected chi connectivity index (χ4v) is 3.71. The summed E-state index contributed by atoms with van der Waals surface area (Å²) < 4.78 is 64.5. The molecular formula is C15H13F3N5NaO3S2. The van der Waals surface area contributed by atoms with Crippen LogP contribution in [0.4, 0.5) is 13.2 Å². The Morgan fingerprint density at radius 2 is 1.90 bits per heavy atom. The summed E-state index contributed by atoms with van der Waals surface area (Å²) in [5, 5.41) is 5.54. The van der Waals surface area contributed by atoms with E-state index in [0.29, 0.717) is 5.01 Å². The standard InChI is InChI=1S/C15H12F3N5O3S2.Na.H/c1-9(24)20-22-28(25,26)11-4-2-10(3-5-11)23-12(14-19-6-7-27-14)8-13(21-23)15(16,17)18;;/h2-8,22H,1H3,(H,20,24);;/q;+1;-1. The van der Waals surface area contributed by atoms with Crippen molar-refractivity contribution in [2.75, 3.05) is 0 Å². The van der Waals surface area contributed by atoms with E-state index in [1.165, 1.54) is 30.5 Å². The zero-order valence-corrected chi connectivity index (χ0v) is 18.7. The number of carbonyl (C=O) groups excluding carboxylic acids is 1. The number of thiazole rings is 1. The maximum absolute atomic E-state index is 13.1. The summed E-state index contributed by atoms with van der Waals surface area (Å²) >= 11 is 1.14. The molecule has 3 rings (SSSR count). The molecule has 0 saturated heterocycles. The first-order valence-electron chi connectivity index (χ1n) is 7.54. The Balaban J connectivity index is 0.00000225. The van der Waals surface area contributed by atoms with Crippen LogP contribution in [0.15, 0.2) is 46.8 Å². The molecule has 14 heteroatoms. The number of sulfonamides is 1. The van der Waals surface area contributed by atoms with Gasteiger partial charge in [0.05, 0.1) is 10.6 Å². The van der Waals surface area contributed by atoms with Crippen LogP contribution in [0.5, 0.6) is 0 Å². The second-order valence-corrected chi connectivity index (χ2v) is 8.02. The van der Waals surface area contributed by atoms with Gasteiger partial charge in [-0.2, -0.15) is 18.3 Å². The molecule has 1 amide bonds. The van der Waals surface area contributed by atoms with Crippen LogP contribution in [-0.4, -0.2) is 29.1 Å². The van der Waals surface area contributed by atoms with Crippen molar-refractivity contribution >= 4 is 27.3 Å². The van der Waals surface area contributed by atoms with Crippen molar-refractivity contribution in [2.45, 2.75) is 18.0 Å². The van der Waals surface area contributed by atoms with Gasteiger partial charge in [0.1, 0.15) is 10.7 Å². The van der Waals surface area contributed by atoms with Crippen LogP contribution < -0.4 is 39.8 Å². The Hall–Kier alpha value is -1.77. The van der Waals surface area contributed by atoms with Crippen molar-refractivity contribution in [3.8, 4) is 16.4 Å². The van der Waals surface area contributed by atoms with Gasteiger partial charge in [0, 0.05) is 18.5 Å². The second-order valence-electron chi connectivity index (χ2n) is 5.44. The molecule has 2 N–H and O–H groups in total. The molecule has 2 heterocycles. The maximum Gasteiger partial charge on any atom is 1.00 e. The van der Waals surface area contributed by atoms with E-state index < -0.39 is 27.8 Å². The minimum Gasteiger partial charge on any atom is -1.00 e. The second kappa shape index (κ2) is 8.93. The van der Waals surface area contributed by atoms with Crippen LogP contribution in [-0.2, 0) is 21.0 Å². The number of hydrogen-bond donors (Lipinski definition) is 2. The van der Waals surface area contributed by atoms with E-state index in [0.717, 1.165) is 29.0 Å². The molecule has 29 heavy (non-hydrogen) atoms. The van der Waals surface area contributed by atoms with Crippen LogP contribution in [0.2, 0.25) is 0 Å². The number of rotatable bonds is 5. The molecule has 0 aliphatic rings. The number of hydrazine groups is 1. The number of aromatic nitrogens is 3. The zero-order chi connectivity index (χ0) is 20.5. The molecule has 0 spiro atoms. The first kappa shape index (κ1) is 23.5. The summed E-state index contributed by atoms with van der Waals surface area (Å²) in [5.41, 5.74) is 1.18. The molecule has 0 fully saturated rings. The number of halogens is 3. The Labute approximate surface area is 190 Å². The molecular weight excluding hydrogens is 442 g/mol. The predicted molar refractivity (Wildman–Crippen MR) is 94.9 cm³/mol. The van der Waals surface area contributed by atoms with Gasteiger partial charge in [0.2, 0.25) is 5.91 Å². The number of carbonyl (C=O) groups is 1. The number of nitrogens with zero attached hydrogens (tertiary/aromatic N) is 3. The first-order valence-corrected chi connectivity index (χ1v) is 9.90. The summed E-state index contributed by atoms with van der Waals surface area (Å²) in [4.78, 5) is 16.6. The predicted octanol–water partition coefficient (Wildman–Crippen LogP) is -0.540. The average Bonchev–Trinajstić information content (AvgIpc) is 3.29. The van der Waals surface area contributed by atoms with Gasteiger partial charge in [0.15, 0.2) is 5.69 Å². The van der Waals surface area contributed by atoms with E-state index in [1.54, 1.807) is 5.38 Å². The van der Waals surface area contributed by atoms with Crippen LogP contribution >= 0.6 is 11.3 Å². The molecule has 0 aliphatic carbocycles. The number of nitrogens with one attached hydrogen (secondary N) is 2. The van der Waals surface area contributed by atoms with E-state index in [-0.39, 0.29) is 47.3 Å². The average molecular weight is 455 g/mol. The van der Waals surface area contributed by atoms with Crippen LogP contribution in [0.3, 0.4) is 0 Å². The van der Waals surface area contributed by atoms with E-state index >= 15 is 0 Å². The van der Waals surface area contributed by atoms with E-state index in [2.05, 4.69) is 10.1 Å². The first-order chi connectivity index (χ1) is 13.1. The number of hydrogen-bond acceptors (Lipinski definition) is 6. The normalized spacial score (nSPS) is 11.7.